The molecule has 0 unspecified atom stereocenters. The first-order chi connectivity index (χ1) is 8.93. The van der Waals surface area contributed by atoms with Crippen molar-refractivity contribution < 1.29 is 8.42 Å². The van der Waals surface area contributed by atoms with Gasteiger partial charge in [-0.25, -0.2) is 8.42 Å². The van der Waals surface area contributed by atoms with Gasteiger partial charge in [-0.15, -0.1) is 0 Å². The number of benzene rings is 2. The van der Waals surface area contributed by atoms with Gasteiger partial charge in [0.05, 0.1) is 9.80 Å². The molecule has 0 heterocycles. The predicted molar refractivity (Wildman–Crippen MR) is 78.9 cm³/mol. The molecular formula is C15H13ClO2S. The molecule has 0 bridgehead atoms. The molecular weight excluding hydrogens is 280 g/mol. The molecule has 0 aliphatic rings. The van der Waals surface area contributed by atoms with Crippen molar-refractivity contribution in [2.45, 2.75) is 11.8 Å². The van der Waals surface area contributed by atoms with Gasteiger partial charge in [-0.05, 0) is 25.1 Å². The van der Waals surface area contributed by atoms with Gasteiger partial charge in [0.2, 0.25) is 9.84 Å². The number of halogens is 1. The van der Waals surface area contributed by atoms with E-state index >= 15 is 0 Å². The summed E-state index contributed by atoms with van der Waals surface area (Å²) in [5.74, 6) is 0. The first-order valence-corrected chi connectivity index (χ1v) is 7.54. The van der Waals surface area contributed by atoms with Crippen LogP contribution in [0.3, 0.4) is 0 Å². The Morgan fingerprint density at radius 3 is 2.21 bits per heavy atom. The molecule has 0 aliphatic carbocycles. The van der Waals surface area contributed by atoms with Gasteiger partial charge >= 0.3 is 0 Å². The topological polar surface area (TPSA) is 34.1 Å². The predicted octanol–water partition coefficient (Wildman–Crippen LogP) is 4.09. The highest BCUT2D eigenvalue weighted by Gasteiger charge is 2.21. The molecule has 2 aromatic rings. The van der Waals surface area contributed by atoms with Crippen LogP contribution in [0.5, 0.6) is 0 Å². The Morgan fingerprint density at radius 1 is 1.05 bits per heavy atom. The second kappa shape index (κ2) is 5.19. The van der Waals surface area contributed by atoms with Crippen LogP contribution >= 0.6 is 11.6 Å². The van der Waals surface area contributed by atoms with Crippen molar-refractivity contribution >= 4 is 26.3 Å². The van der Waals surface area contributed by atoms with Crippen LogP contribution < -0.4 is 0 Å². The molecule has 0 saturated heterocycles. The van der Waals surface area contributed by atoms with Crippen molar-refractivity contribution in [3.63, 3.8) is 0 Å². The Kier molecular flexibility index (Phi) is 3.78. The molecule has 2 aromatic carbocycles. The van der Waals surface area contributed by atoms with Crippen molar-refractivity contribution in [2.24, 2.45) is 0 Å². The molecule has 0 amide bonds. The third kappa shape index (κ3) is 2.72. The molecule has 0 saturated carbocycles. The first kappa shape index (κ1) is 13.8. The highest BCUT2D eigenvalue weighted by atomic mass is 35.5. The first-order valence-electron chi connectivity index (χ1n) is 5.68. The van der Waals surface area contributed by atoms with Crippen LogP contribution in [-0.2, 0) is 9.84 Å². The van der Waals surface area contributed by atoms with Gasteiger partial charge in [0.25, 0.3) is 0 Å². The monoisotopic (exact) mass is 292 g/mol. The zero-order valence-corrected chi connectivity index (χ0v) is 12.0. The van der Waals surface area contributed by atoms with E-state index in [9.17, 15) is 8.42 Å². The lowest BCUT2D eigenvalue weighted by Crippen LogP contribution is -2.03. The molecule has 0 spiro atoms. The summed E-state index contributed by atoms with van der Waals surface area (Å²) in [5, 5.41) is 0.378. The van der Waals surface area contributed by atoms with E-state index < -0.39 is 9.84 Å². The molecule has 0 aliphatic heterocycles. The Balaban J connectivity index is 2.49. The summed E-state index contributed by atoms with van der Waals surface area (Å²) in [6, 6.07) is 13.4. The van der Waals surface area contributed by atoms with E-state index in [1.165, 1.54) is 0 Å². The van der Waals surface area contributed by atoms with Crippen LogP contribution in [0, 0.1) is 6.92 Å². The minimum absolute atomic E-state index is 0.0157. The lowest BCUT2D eigenvalue weighted by atomic mass is 10.2. The third-order valence-electron chi connectivity index (χ3n) is 2.83. The van der Waals surface area contributed by atoms with Gasteiger partial charge < -0.3 is 0 Å². The Morgan fingerprint density at radius 2 is 1.63 bits per heavy atom. The molecule has 2 nitrogen and oxygen atoms in total. The third-order valence-corrected chi connectivity index (χ3v) is 4.92. The molecule has 0 fully saturated rings. The van der Waals surface area contributed by atoms with Gasteiger partial charge in [0, 0.05) is 10.6 Å². The fourth-order valence-electron chi connectivity index (χ4n) is 1.69. The summed E-state index contributed by atoms with van der Waals surface area (Å²) in [5.41, 5.74) is 1.44. The van der Waals surface area contributed by atoms with E-state index in [1.54, 1.807) is 48.5 Å². The standard InChI is InChI=1S/C15H13ClO2S/c1-11-7-9-13(10-8-11)19(17,18)12(2)14-5-3-4-6-15(14)16/h3-10H,2H2,1H3. The van der Waals surface area contributed by atoms with Crippen molar-refractivity contribution in [2.75, 3.05) is 0 Å². The van der Waals surface area contributed by atoms with E-state index in [0.717, 1.165) is 5.56 Å². The van der Waals surface area contributed by atoms with Gasteiger partial charge in [-0.2, -0.15) is 0 Å². The van der Waals surface area contributed by atoms with Crippen LogP contribution in [0.15, 0.2) is 60.0 Å². The Bertz CT molecular complexity index is 716. The Labute approximate surface area is 118 Å². The normalized spacial score (nSPS) is 11.3. The van der Waals surface area contributed by atoms with Crippen molar-refractivity contribution in [3.05, 3.63) is 71.3 Å². The fourth-order valence-corrected chi connectivity index (χ4v) is 3.24. The van der Waals surface area contributed by atoms with Gasteiger partial charge in [-0.3, -0.25) is 0 Å². The molecule has 0 atom stereocenters. The van der Waals surface area contributed by atoms with E-state index in [0.29, 0.717) is 10.6 Å². The van der Waals surface area contributed by atoms with E-state index in [1.807, 2.05) is 6.92 Å². The minimum atomic E-state index is -3.61. The van der Waals surface area contributed by atoms with Gasteiger partial charge in [0.1, 0.15) is 0 Å². The second-order valence-corrected chi connectivity index (χ2v) is 6.60. The van der Waals surface area contributed by atoms with E-state index in [4.69, 9.17) is 11.6 Å². The lowest BCUT2D eigenvalue weighted by molar-refractivity contribution is 0.606. The quantitative estimate of drug-likeness (QED) is 0.854. The molecule has 0 N–H and O–H groups in total. The summed E-state index contributed by atoms with van der Waals surface area (Å²) in [4.78, 5) is 0.241. The number of rotatable bonds is 3. The van der Waals surface area contributed by atoms with Gasteiger partial charge in [0.15, 0.2) is 0 Å². The van der Waals surface area contributed by atoms with E-state index in [-0.39, 0.29) is 9.80 Å². The van der Waals surface area contributed by atoms with E-state index in [2.05, 4.69) is 6.58 Å². The maximum absolute atomic E-state index is 12.4. The van der Waals surface area contributed by atoms with Gasteiger partial charge in [-0.1, -0.05) is 54.1 Å². The summed E-state index contributed by atoms with van der Waals surface area (Å²) in [6.07, 6.45) is 0. The van der Waals surface area contributed by atoms with Crippen LogP contribution in [0.2, 0.25) is 5.02 Å². The summed E-state index contributed by atoms with van der Waals surface area (Å²) >= 11 is 6.01. The maximum Gasteiger partial charge on any atom is 0.206 e. The summed E-state index contributed by atoms with van der Waals surface area (Å²) in [7, 11) is -3.61. The maximum atomic E-state index is 12.4. The number of hydrogen-bond donors (Lipinski definition) is 0. The van der Waals surface area contributed by atoms with Crippen molar-refractivity contribution in [1.29, 1.82) is 0 Å². The average molecular weight is 293 g/mol. The largest absolute Gasteiger partial charge is 0.219 e. The SMILES string of the molecule is C=C(c1ccccc1Cl)S(=O)(=O)c1ccc(C)cc1. The minimum Gasteiger partial charge on any atom is -0.219 e. The smallest absolute Gasteiger partial charge is 0.206 e. The molecule has 4 heteroatoms. The molecule has 98 valence electrons. The number of sulfone groups is 1. The average Bonchev–Trinajstić information content (AvgIpc) is 2.39. The molecule has 0 aromatic heterocycles. The summed E-state index contributed by atoms with van der Waals surface area (Å²) in [6.45, 7) is 5.59. The second-order valence-electron chi connectivity index (χ2n) is 4.22. The van der Waals surface area contributed by atoms with Crippen LogP contribution in [0.4, 0.5) is 0 Å². The number of hydrogen-bond acceptors (Lipinski definition) is 2. The Hall–Kier alpha value is -1.58. The highest BCUT2D eigenvalue weighted by Crippen LogP contribution is 2.30. The van der Waals surface area contributed by atoms with Crippen LogP contribution in [0.1, 0.15) is 11.1 Å². The summed E-state index contributed by atoms with van der Waals surface area (Å²) < 4.78 is 24.9. The molecule has 2 rings (SSSR count). The zero-order valence-electron chi connectivity index (χ0n) is 10.4. The highest BCUT2D eigenvalue weighted by molar-refractivity contribution is 8.00. The number of aryl methyl sites for hydroxylation is 1. The van der Waals surface area contributed by atoms with Crippen molar-refractivity contribution in [1.82, 2.24) is 0 Å². The molecule has 19 heavy (non-hydrogen) atoms. The molecule has 0 radical (unpaired) electrons. The fraction of sp³-hybridized carbons (Fsp3) is 0.0667. The van der Waals surface area contributed by atoms with Crippen LogP contribution in [0.25, 0.3) is 4.91 Å². The van der Waals surface area contributed by atoms with Crippen LogP contribution in [-0.4, -0.2) is 8.42 Å². The van der Waals surface area contributed by atoms with Crippen molar-refractivity contribution in [3.8, 4) is 0 Å². The lowest BCUT2D eigenvalue weighted by Gasteiger charge is -2.09. The zero-order chi connectivity index (χ0) is 14.0.